The van der Waals surface area contributed by atoms with Crippen LogP contribution in [0.3, 0.4) is 0 Å². The van der Waals surface area contributed by atoms with Gasteiger partial charge in [-0.15, -0.1) is 0 Å². The summed E-state index contributed by atoms with van der Waals surface area (Å²) in [4.78, 5) is 13.1. The van der Waals surface area contributed by atoms with Gasteiger partial charge >= 0.3 is 5.97 Å². The van der Waals surface area contributed by atoms with Crippen molar-refractivity contribution < 1.29 is 9.90 Å². The van der Waals surface area contributed by atoms with Crippen LogP contribution >= 0.6 is 0 Å². The average Bonchev–Trinajstić information content (AvgIpc) is 2.45. The monoisotopic (exact) mass is 309 g/mol. The Morgan fingerprint density at radius 1 is 1.04 bits per heavy atom. The fourth-order valence-corrected chi connectivity index (χ4v) is 2.89. The van der Waals surface area contributed by atoms with Crippen LogP contribution in [0.4, 0.5) is 5.69 Å². The molecule has 0 radical (unpaired) electrons. The number of rotatable bonds is 3. The third kappa shape index (κ3) is 3.24. The SMILES string of the molecule is CC(C)(C)c1cccc(-c2cccc(N3CC(C(=O)O)C3)c2)c1. The summed E-state index contributed by atoms with van der Waals surface area (Å²) in [7, 11) is 0. The van der Waals surface area contributed by atoms with E-state index < -0.39 is 5.97 Å². The number of carboxylic acid groups (broad SMARTS) is 1. The van der Waals surface area contributed by atoms with E-state index in [9.17, 15) is 4.79 Å². The van der Waals surface area contributed by atoms with Gasteiger partial charge in [0.2, 0.25) is 0 Å². The highest BCUT2D eigenvalue weighted by Gasteiger charge is 2.32. The number of carboxylic acids is 1. The quantitative estimate of drug-likeness (QED) is 0.925. The lowest BCUT2D eigenvalue weighted by Crippen LogP contribution is -2.50. The van der Waals surface area contributed by atoms with Crippen molar-refractivity contribution in [3.05, 3.63) is 54.1 Å². The van der Waals surface area contributed by atoms with Crippen LogP contribution in [0.25, 0.3) is 11.1 Å². The third-order valence-electron chi connectivity index (χ3n) is 4.50. The van der Waals surface area contributed by atoms with Gasteiger partial charge in [0.15, 0.2) is 0 Å². The van der Waals surface area contributed by atoms with Crippen molar-refractivity contribution in [3.63, 3.8) is 0 Å². The van der Waals surface area contributed by atoms with Crippen molar-refractivity contribution >= 4 is 11.7 Å². The lowest BCUT2D eigenvalue weighted by atomic mass is 9.85. The first-order valence-corrected chi connectivity index (χ1v) is 8.03. The first kappa shape index (κ1) is 15.6. The zero-order valence-corrected chi connectivity index (χ0v) is 13.9. The van der Waals surface area contributed by atoms with E-state index in [0.717, 1.165) is 5.69 Å². The topological polar surface area (TPSA) is 40.5 Å². The molecule has 0 saturated carbocycles. The Labute approximate surface area is 137 Å². The molecule has 1 aliphatic heterocycles. The van der Waals surface area contributed by atoms with Crippen molar-refractivity contribution in [2.75, 3.05) is 18.0 Å². The van der Waals surface area contributed by atoms with E-state index in [-0.39, 0.29) is 11.3 Å². The van der Waals surface area contributed by atoms with E-state index in [1.54, 1.807) is 0 Å². The molecule has 3 heteroatoms. The molecular weight excluding hydrogens is 286 g/mol. The normalized spacial score (nSPS) is 15.3. The van der Waals surface area contributed by atoms with Gasteiger partial charge in [-0.05, 0) is 34.2 Å². The molecule has 0 spiro atoms. The molecule has 1 fully saturated rings. The maximum atomic E-state index is 11.0. The van der Waals surface area contributed by atoms with Crippen LogP contribution in [-0.2, 0) is 10.2 Å². The van der Waals surface area contributed by atoms with Crippen LogP contribution in [0.15, 0.2) is 48.5 Å². The molecule has 0 amide bonds. The van der Waals surface area contributed by atoms with E-state index in [0.29, 0.717) is 13.1 Å². The second-order valence-corrected chi connectivity index (χ2v) is 7.32. The molecule has 23 heavy (non-hydrogen) atoms. The molecular formula is C20H23NO2. The highest BCUT2D eigenvalue weighted by molar-refractivity contribution is 5.76. The van der Waals surface area contributed by atoms with Crippen LogP contribution in [0, 0.1) is 5.92 Å². The number of anilines is 1. The second kappa shape index (κ2) is 5.73. The van der Waals surface area contributed by atoms with E-state index >= 15 is 0 Å². The number of nitrogens with zero attached hydrogens (tertiary/aromatic N) is 1. The Kier molecular flexibility index (Phi) is 3.88. The van der Waals surface area contributed by atoms with Crippen LogP contribution in [-0.4, -0.2) is 24.2 Å². The van der Waals surface area contributed by atoms with Gasteiger partial charge in [0.25, 0.3) is 0 Å². The number of aliphatic carboxylic acids is 1. The van der Waals surface area contributed by atoms with Crippen molar-refractivity contribution in [1.82, 2.24) is 0 Å². The Balaban J connectivity index is 1.85. The summed E-state index contributed by atoms with van der Waals surface area (Å²) in [6, 6.07) is 17.0. The van der Waals surface area contributed by atoms with Gasteiger partial charge in [-0.1, -0.05) is 57.2 Å². The molecule has 3 rings (SSSR count). The molecule has 1 N–H and O–H groups in total. The number of benzene rings is 2. The fourth-order valence-electron chi connectivity index (χ4n) is 2.89. The predicted octanol–water partition coefficient (Wildman–Crippen LogP) is 4.17. The second-order valence-electron chi connectivity index (χ2n) is 7.32. The van der Waals surface area contributed by atoms with Crippen LogP contribution in [0.1, 0.15) is 26.3 Å². The summed E-state index contributed by atoms with van der Waals surface area (Å²) in [5, 5.41) is 9.01. The molecule has 120 valence electrons. The van der Waals surface area contributed by atoms with Crippen molar-refractivity contribution in [2.45, 2.75) is 26.2 Å². The van der Waals surface area contributed by atoms with E-state index in [2.05, 4.69) is 68.1 Å². The smallest absolute Gasteiger partial charge is 0.310 e. The van der Waals surface area contributed by atoms with Crippen LogP contribution in [0.2, 0.25) is 0 Å². The Hall–Kier alpha value is -2.29. The van der Waals surface area contributed by atoms with Gasteiger partial charge in [0.05, 0.1) is 5.92 Å². The molecule has 2 aromatic rings. The van der Waals surface area contributed by atoms with Gasteiger partial charge in [-0.2, -0.15) is 0 Å². The fraction of sp³-hybridized carbons (Fsp3) is 0.350. The molecule has 1 saturated heterocycles. The minimum Gasteiger partial charge on any atom is -0.481 e. The first-order valence-electron chi connectivity index (χ1n) is 8.03. The summed E-state index contributed by atoms with van der Waals surface area (Å²) in [5.41, 5.74) is 4.92. The van der Waals surface area contributed by atoms with Gasteiger partial charge in [0.1, 0.15) is 0 Å². The van der Waals surface area contributed by atoms with Crippen molar-refractivity contribution in [3.8, 4) is 11.1 Å². The largest absolute Gasteiger partial charge is 0.481 e. The maximum Gasteiger partial charge on any atom is 0.310 e. The molecule has 2 aromatic carbocycles. The lowest BCUT2D eigenvalue weighted by molar-refractivity contribution is -0.142. The zero-order chi connectivity index (χ0) is 16.6. The molecule has 0 bridgehead atoms. The lowest BCUT2D eigenvalue weighted by Gasteiger charge is -2.38. The predicted molar refractivity (Wildman–Crippen MR) is 93.9 cm³/mol. The Morgan fingerprint density at radius 3 is 2.26 bits per heavy atom. The molecule has 1 aliphatic rings. The standard InChI is InChI=1S/C20H23NO2/c1-20(2,3)17-8-4-6-14(10-17)15-7-5-9-18(11-15)21-12-16(13-21)19(22)23/h4-11,16H,12-13H2,1-3H3,(H,22,23). The number of hydrogen-bond donors (Lipinski definition) is 1. The average molecular weight is 309 g/mol. The van der Waals surface area contributed by atoms with Gasteiger partial charge in [0, 0.05) is 18.8 Å². The highest BCUT2D eigenvalue weighted by Crippen LogP contribution is 2.31. The summed E-state index contributed by atoms with van der Waals surface area (Å²) in [6.07, 6.45) is 0. The first-order chi connectivity index (χ1) is 10.8. The Bertz CT molecular complexity index is 724. The number of hydrogen-bond acceptors (Lipinski definition) is 2. The molecule has 0 atom stereocenters. The maximum absolute atomic E-state index is 11.0. The van der Waals surface area contributed by atoms with Crippen molar-refractivity contribution in [2.24, 2.45) is 5.92 Å². The van der Waals surface area contributed by atoms with Gasteiger partial charge in [-0.25, -0.2) is 0 Å². The van der Waals surface area contributed by atoms with E-state index in [1.165, 1.54) is 16.7 Å². The zero-order valence-electron chi connectivity index (χ0n) is 13.9. The summed E-state index contributed by atoms with van der Waals surface area (Å²) >= 11 is 0. The molecule has 0 unspecified atom stereocenters. The highest BCUT2D eigenvalue weighted by atomic mass is 16.4. The third-order valence-corrected chi connectivity index (χ3v) is 4.50. The Morgan fingerprint density at radius 2 is 1.65 bits per heavy atom. The van der Waals surface area contributed by atoms with E-state index in [4.69, 9.17) is 5.11 Å². The van der Waals surface area contributed by atoms with Gasteiger partial charge < -0.3 is 10.0 Å². The minimum atomic E-state index is -0.699. The van der Waals surface area contributed by atoms with Crippen LogP contribution in [0.5, 0.6) is 0 Å². The van der Waals surface area contributed by atoms with E-state index in [1.807, 2.05) is 6.07 Å². The molecule has 3 nitrogen and oxygen atoms in total. The number of carbonyl (C=O) groups is 1. The summed E-state index contributed by atoms with van der Waals surface area (Å²) in [5.74, 6) is -0.932. The summed E-state index contributed by atoms with van der Waals surface area (Å²) < 4.78 is 0. The van der Waals surface area contributed by atoms with Crippen molar-refractivity contribution in [1.29, 1.82) is 0 Å². The minimum absolute atomic E-state index is 0.125. The van der Waals surface area contributed by atoms with Crippen LogP contribution < -0.4 is 4.90 Å². The molecule has 0 aromatic heterocycles. The summed E-state index contributed by atoms with van der Waals surface area (Å²) in [6.45, 7) is 7.85. The van der Waals surface area contributed by atoms with Gasteiger partial charge in [-0.3, -0.25) is 4.79 Å². The molecule has 1 heterocycles. The molecule has 0 aliphatic carbocycles.